The summed E-state index contributed by atoms with van der Waals surface area (Å²) in [5.41, 5.74) is 2.36. The lowest BCUT2D eigenvalue weighted by Gasteiger charge is -2.50. The van der Waals surface area contributed by atoms with Gasteiger partial charge in [-0.25, -0.2) is 4.79 Å². The highest BCUT2D eigenvalue weighted by molar-refractivity contribution is 5.95. The van der Waals surface area contributed by atoms with E-state index in [1.807, 2.05) is 62.4 Å². The zero-order chi connectivity index (χ0) is 15.3. The van der Waals surface area contributed by atoms with Crippen molar-refractivity contribution in [1.29, 1.82) is 0 Å². The average molecular weight is 294 g/mol. The fourth-order valence-electron chi connectivity index (χ4n) is 3.48. The third-order valence-electron chi connectivity index (χ3n) is 4.44. The van der Waals surface area contributed by atoms with Crippen molar-refractivity contribution >= 4 is 11.7 Å². The van der Waals surface area contributed by atoms with Crippen molar-refractivity contribution in [2.75, 3.05) is 4.90 Å². The Morgan fingerprint density at radius 2 is 2.05 bits per heavy atom. The molecule has 1 N–H and O–H groups in total. The minimum Gasteiger partial charge on any atom is -0.467 e. The number of ether oxygens (including phenoxy) is 1. The van der Waals surface area contributed by atoms with Gasteiger partial charge >= 0.3 is 6.03 Å². The Balaban J connectivity index is 1.82. The van der Waals surface area contributed by atoms with Gasteiger partial charge in [0.05, 0.1) is 6.04 Å². The fraction of sp³-hybridized carbons (Fsp3) is 0.278. The van der Waals surface area contributed by atoms with Gasteiger partial charge in [0.1, 0.15) is 5.75 Å². The van der Waals surface area contributed by atoms with Gasteiger partial charge < -0.3 is 10.1 Å². The molecule has 1 fully saturated rings. The van der Waals surface area contributed by atoms with Crippen molar-refractivity contribution in [3.8, 4) is 5.75 Å². The molecule has 2 aromatic carbocycles. The molecular weight excluding hydrogens is 276 g/mol. The van der Waals surface area contributed by atoms with Crippen molar-refractivity contribution in [2.24, 2.45) is 0 Å². The number of para-hydroxylation sites is 1. The first-order valence-electron chi connectivity index (χ1n) is 7.52. The molecule has 22 heavy (non-hydrogen) atoms. The lowest BCUT2D eigenvalue weighted by molar-refractivity contribution is 0.0379. The molecule has 0 aliphatic carbocycles. The van der Waals surface area contributed by atoms with Crippen molar-refractivity contribution in [3.05, 3.63) is 59.7 Å². The van der Waals surface area contributed by atoms with Crippen LogP contribution < -0.4 is 15.0 Å². The Morgan fingerprint density at radius 1 is 1.23 bits per heavy atom. The van der Waals surface area contributed by atoms with E-state index in [0.29, 0.717) is 0 Å². The van der Waals surface area contributed by atoms with Gasteiger partial charge in [-0.3, -0.25) is 4.90 Å². The maximum Gasteiger partial charge on any atom is 0.325 e. The number of aryl methyl sites for hydroxylation is 1. The summed E-state index contributed by atoms with van der Waals surface area (Å²) in [5.74, 6) is 0.846. The van der Waals surface area contributed by atoms with E-state index in [0.717, 1.165) is 29.0 Å². The zero-order valence-corrected chi connectivity index (χ0v) is 12.7. The molecule has 0 unspecified atom stereocenters. The van der Waals surface area contributed by atoms with Gasteiger partial charge in [0.25, 0.3) is 0 Å². The van der Waals surface area contributed by atoms with E-state index in [9.17, 15) is 4.79 Å². The maximum atomic E-state index is 12.7. The number of amides is 2. The van der Waals surface area contributed by atoms with Crippen LogP contribution in [0.5, 0.6) is 5.75 Å². The molecule has 4 heteroatoms. The fourth-order valence-corrected chi connectivity index (χ4v) is 3.48. The van der Waals surface area contributed by atoms with Gasteiger partial charge in [-0.2, -0.15) is 0 Å². The number of hydrogen-bond donors (Lipinski definition) is 1. The second-order valence-electron chi connectivity index (χ2n) is 6.20. The third-order valence-corrected chi connectivity index (χ3v) is 4.44. The monoisotopic (exact) mass is 294 g/mol. The molecule has 2 aliphatic rings. The third kappa shape index (κ3) is 1.87. The van der Waals surface area contributed by atoms with Crippen LogP contribution in [0.15, 0.2) is 48.5 Å². The number of nitrogens with one attached hydrogen (secondary N) is 1. The summed E-state index contributed by atoms with van der Waals surface area (Å²) in [4.78, 5) is 14.4. The Morgan fingerprint density at radius 3 is 2.86 bits per heavy atom. The number of benzene rings is 2. The summed E-state index contributed by atoms with van der Waals surface area (Å²) in [5, 5.41) is 3.10. The molecule has 2 aliphatic heterocycles. The number of rotatable bonds is 1. The molecule has 2 atom stereocenters. The Hall–Kier alpha value is -2.49. The number of anilines is 1. The van der Waals surface area contributed by atoms with E-state index in [1.165, 1.54) is 0 Å². The normalized spacial score (nSPS) is 26.0. The summed E-state index contributed by atoms with van der Waals surface area (Å²) in [7, 11) is 0. The van der Waals surface area contributed by atoms with Gasteiger partial charge in [0.2, 0.25) is 0 Å². The van der Waals surface area contributed by atoms with Gasteiger partial charge in [-0.15, -0.1) is 0 Å². The molecule has 2 heterocycles. The highest BCUT2D eigenvalue weighted by Gasteiger charge is 2.49. The average Bonchev–Trinajstić information content (AvgIpc) is 2.46. The topological polar surface area (TPSA) is 41.6 Å². The lowest BCUT2D eigenvalue weighted by Crippen LogP contribution is -2.65. The van der Waals surface area contributed by atoms with E-state index < -0.39 is 5.72 Å². The summed E-state index contributed by atoms with van der Waals surface area (Å²) in [6.07, 6.45) is 0.726. The van der Waals surface area contributed by atoms with E-state index in [4.69, 9.17) is 4.74 Å². The predicted molar refractivity (Wildman–Crippen MR) is 85.0 cm³/mol. The van der Waals surface area contributed by atoms with E-state index in [2.05, 4.69) is 5.32 Å². The zero-order valence-electron chi connectivity index (χ0n) is 12.7. The van der Waals surface area contributed by atoms with E-state index >= 15 is 0 Å². The van der Waals surface area contributed by atoms with Gasteiger partial charge in [-0.1, -0.05) is 30.3 Å². The Labute approximate surface area is 129 Å². The second kappa shape index (κ2) is 4.50. The second-order valence-corrected chi connectivity index (χ2v) is 6.20. The standard InChI is InChI=1S/C18H18N2O2/c1-12-6-5-7-13(10-12)20-17(21)19-15-11-18(20,2)22-16-9-4-3-8-14(15)16/h3-10,15H,11H2,1-2H3,(H,19,21)/t15-,18-/m1/s1. The smallest absolute Gasteiger partial charge is 0.325 e. The number of urea groups is 1. The van der Waals surface area contributed by atoms with Crippen LogP contribution >= 0.6 is 0 Å². The highest BCUT2D eigenvalue weighted by Crippen LogP contribution is 2.45. The molecule has 0 spiro atoms. The first-order chi connectivity index (χ1) is 10.6. The lowest BCUT2D eigenvalue weighted by atomic mass is 9.90. The SMILES string of the molecule is Cc1cccc(N2C(=O)N[C@@H]3C[C@@]2(C)Oc2ccccc23)c1. The van der Waals surface area contributed by atoms with Crippen molar-refractivity contribution in [2.45, 2.75) is 32.0 Å². The van der Waals surface area contributed by atoms with Crippen LogP contribution in [0.4, 0.5) is 10.5 Å². The molecule has 112 valence electrons. The summed E-state index contributed by atoms with van der Waals surface area (Å²) >= 11 is 0. The van der Waals surface area contributed by atoms with Crippen LogP contribution in [-0.4, -0.2) is 11.8 Å². The van der Waals surface area contributed by atoms with E-state index in [-0.39, 0.29) is 12.1 Å². The van der Waals surface area contributed by atoms with Crippen LogP contribution in [0, 0.1) is 6.92 Å². The quantitative estimate of drug-likeness (QED) is 0.870. The molecule has 4 nitrogen and oxygen atoms in total. The minimum absolute atomic E-state index is 0.00325. The molecule has 1 saturated heterocycles. The summed E-state index contributed by atoms with van der Waals surface area (Å²) < 4.78 is 6.23. The largest absolute Gasteiger partial charge is 0.467 e. The van der Waals surface area contributed by atoms with E-state index in [1.54, 1.807) is 4.90 Å². The molecule has 2 amide bonds. The molecule has 0 saturated carbocycles. The van der Waals surface area contributed by atoms with Crippen molar-refractivity contribution < 1.29 is 9.53 Å². The molecule has 4 rings (SSSR count). The number of carbonyl (C=O) groups excluding carboxylic acids is 1. The first-order valence-corrected chi connectivity index (χ1v) is 7.52. The predicted octanol–water partition coefficient (Wildman–Crippen LogP) is 3.76. The van der Waals surface area contributed by atoms with Gasteiger partial charge in [-0.05, 0) is 37.6 Å². The van der Waals surface area contributed by atoms with Crippen LogP contribution in [-0.2, 0) is 0 Å². The number of fused-ring (bicyclic) bond motifs is 4. The highest BCUT2D eigenvalue weighted by atomic mass is 16.5. The minimum atomic E-state index is -0.671. The number of carbonyl (C=O) groups is 1. The molecule has 2 aromatic rings. The number of nitrogens with zero attached hydrogens (tertiary/aromatic N) is 1. The molecule has 2 bridgehead atoms. The van der Waals surface area contributed by atoms with Gasteiger partial charge in [0.15, 0.2) is 5.72 Å². The Kier molecular flexibility index (Phi) is 2.70. The van der Waals surface area contributed by atoms with Crippen LogP contribution in [0.2, 0.25) is 0 Å². The summed E-state index contributed by atoms with van der Waals surface area (Å²) in [6.45, 7) is 4.00. The van der Waals surface area contributed by atoms with Gasteiger partial charge in [0, 0.05) is 17.7 Å². The van der Waals surface area contributed by atoms with Crippen LogP contribution in [0.3, 0.4) is 0 Å². The van der Waals surface area contributed by atoms with Crippen LogP contribution in [0.25, 0.3) is 0 Å². The maximum absolute atomic E-state index is 12.7. The molecule has 0 radical (unpaired) electrons. The summed E-state index contributed by atoms with van der Waals surface area (Å²) in [6, 6.07) is 15.7. The molecular formula is C18H18N2O2. The first kappa shape index (κ1) is 13.2. The molecule has 0 aromatic heterocycles. The Bertz CT molecular complexity index is 758. The van der Waals surface area contributed by atoms with Crippen molar-refractivity contribution in [3.63, 3.8) is 0 Å². The number of hydrogen-bond acceptors (Lipinski definition) is 2. The van der Waals surface area contributed by atoms with Crippen LogP contribution in [0.1, 0.15) is 30.5 Å². The van der Waals surface area contributed by atoms with Crippen molar-refractivity contribution in [1.82, 2.24) is 5.32 Å².